The Labute approximate surface area is 127 Å². The molecule has 1 heterocycles. The number of ketones is 1. The van der Waals surface area contributed by atoms with Gasteiger partial charge in [0.05, 0.1) is 19.8 Å². The second-order valence-electron chi connectivity index (χ2n) is 4.74. The Hall–Kier alpha value is -2.95. The molecule has 1 aliphatic heterocycles. The van der Waals surface area contributed by atoms with E-state index in [-0.39, 0.29) is 17.3 Å². The number of fused-ring (bicyclic) bond motifs is 1. The van der Waals surface area contributed by atoms with E-state index < -0.39 is 0 Å². The van der Waals surface area contributed by atoms with E-state index in [0.717, 1.165) is 0 Å². The molecule has 0 saturated carbocycles. The Morgan fingerprint density at radius 3 is 2.50 bits per heavy atom. The van der Waals surface area contributed by atoms with Crippen molar-refractivity contribution in [2.24, 2.45) is 0 Å². The lowest BCUT2D eigenvalue weighted by atomic mass is 10.1. The van der Waals surface area contributed by atoms with Gasteiger partial charge >= 0.3 is 0 Å². The zero-order valence-corrected chi connectivity index (χ0v) is 12.1. The first-order chi connectivity index (χ1) is 10.6. The number of carbonyl (C=O) groups is 1. The largest absolute Gasteiger partial charge is 0.508 e. The minimum atomic E-state index is -0.237. The van der Waals surface area contributed by atoms with Crippen LogP contribution in [0.5, 0.6) is 23.0 Å². The SMILES string of the molecule is COc1cc2c(cc1OC)C(=O)/C(=C/c1cccc(O)c1)O2. The van der Waals surface area contributed by atoms with Crippen LogP contribution in [0, 0.1) is 0 Å². The maximum atomic E-state index is 12.4. The molecule has 22 heavy (non-hydrogen) atoms. The van der Waals surface area contributed by atoms with Crippen molar-refractivity contribution in [2.75, 3.05) is 14.2 Å². The molecule has 0 bridgehead atoms. The summed E-state index contributed by atoms with van der Waals surface area (Å²) in [5.41, 5.74) is 1.10. The van der Waals surface area contributed by atoms with Crippen LogP contribution in [-0.2, 0) is 0 Å². The van der Waals surface area contributed by atoms with E-state index in [1.54, 1.807) is 42.5 Å². The van der Waals surface area contributed by atoms with Gasteiger partial charge in [-0.2, -0.15) is 0 Å². The normalized spacial score (nSPS) is 14.6. The van der Waals surface area contributed by atoms with Crippen molar-refractivity contribution in [2.45, 2.75) is 0 Å². The average molecular weight is 298 g/mol. The van der Waals surface area contributed by atoms with E-state index in [1.165, 1.54) is 14.2 Å². The summed E-state index contributed by atoms with van der Waals surface area (Å²) < 4.78 is 16.0. The van der Waals surface area contributed by atoms with Gasteiger partial charge in [-0.25, -0.2) is 0 Å². The van der Waals surface area contributed by atoms with Gasteiger partial charge in [-0.3, -0.25) is 4.79 Å². The van der Waals surface area contributed by atoms with Crippen molar-refractivity contribution in [3.05, 3.63) is 53.3 Å². The number of aromatic hydroxyl groups is 1. The second kappa shape index (κ2) is 5.44. The minimum Gasteiger partial charge on any atom is -0.508 e. The van der Waals surface area contributed by atoms with Gasteiger partial charge in [0, 0.05) is 6.07 Å². The molecule has 1 aliphatic rings. The summed E-state index contributed by atoms with van der Waals surface area (Å²) in [6, 6.07) is 9.79. The van der Waals surface area contributed by atoms with Crippen molar-refractivity contribution in [1.82, 2.24) is 0 Å². The third kappa shape index (κ3) is 2.37. The number of methoxy groups -OCH3 is 2. The smallest absolute Gasteiger partial charge is 0.232 e. The number of hydrogen-bond donors (Lipinski definition) is 1. The van der Waals surface area contributed by atoms with Crippen molar-refractivity contribution in [3.8, 4) is 23.0 Å². The van der Waals surface area contributed by atoms with E-state index in [0.29, 0.717) is 28.4 Å². The number of phenolic OH excluding ortho intramolecular Hbond substituents is 1. The van der Waals surface area contributed by atoms with Crippen LogP contribution >= 0.6 is 0 Å². The first kappa shape index (κ1) is 14.0. The molecule has 0 aromatic heterocycles. The summed E-state index contributed by atoms with van der Waals surface area (Å²) in [5, 5.41) is 9.47. The highest BCUT2D eigenvalue weighted by Gasteiger charge is 2.29. The molecule has 3 rings (SSSR count). The highest BCUT2D eigenvalue weighted by molar-refractivity contribution is 6.14. The molecular weight excluding hydrogens is 284 g/mol. The van der Waals surface area contributed by atoms with Crippen LogP contribution in [0.3, 0.4) is 0 Å². The van der Waals surface area contributed by atoms with Crippen LogP contribution in [0.1, 0.15) is 15.9 Å². The lowest BCUT2D eigenvalue weighted by molar-refractivity contribution is 0.101. The van der Waals surface area contributed by atoms with Crippen molar-refractivity contribution in [3.63, 3.8) is 0 Å². The molecule has 5 heteroatoms. The number of carbonyl (C=O) groups excluding carboxylic acids is 1. The molecule has 0 amide bonds. The number of rotatable bonds is 3. The van der Waals surface area contributed by atoms with Gasteiger partial charge < -0.3 is 19.3 Å². The van der Waals surface area contributed by atoms with Gasteiger partial charge in [0.25, 0.3) is 0 Å². The van der Waals surface area contributed by atoms with Crippen LogP contribution < -0.4 is 14.2 Å². The Morgan fingerprint density at radius 2 is 1.82 bits per heavy atom. The highest BCUT2D eigenvalue weighted by atomic mass is 16.5. The molecular formula is C17H14O5. The van der Waals surface area contributed by atoms with E-state index >= 15 is 0 Å². The van der Waals surface area contributed by atoms with Crippen LogP contribution in [-0.4, -0.2) is 25.1 Å². The van der Waals surface area contributed by atoms with Gasteiger partial charge in [0.15, 0.2) is 17.3 Å². The molecule has 0 atom stereocenters. The first-order valence-electron chi connectivity index (χ1n) is 6.61. The predicted molar refractivity (Wildman–Crippen MR) is 80.6 cm³/mol. The Kier molecular flexibility index (Phi) is 3.47. The second-order valence-corrected chi connectivity index (χ2v) is 4.74. The molecule has 0 fully saturated rings. The van der Waals surface area contributed by atoms with E-state index in [4.69, 9.17) is 14.2 Å². The third-order valence-corrected chi connectivity index (χ3v) is 3.34. The van der Waals surface area contributed by atoms with Crippen molar-refractivity contribution in [1.29, 1.82) is 0 Å². The van der Waals surface area contributed by atoms with Gasteiger partial charge in [-0.1, -0.05) is 12.1 Å². The molecule has 0 aliphatic carbocycles. The lowest BCUT2D eigenvalue weighted by Crippen LogP contribution is -1.98. The van der Waals surface area contributed by atoms with Gasteiger partial charge in [0.1, 0.15) is 11.5 Å². The number of hydrogen-bond acceptors (Lipinski definition) is 5. The third-order valence-electron chi connectivity index (χ3n) is 3.34. The molecule has 5 nitrogen and oxygen atoms in total. The van der Waals surface area contributed by atoms with Crippen molar-refractivity contribution < 1.29 is 24.1 Å². The molecule has 0 unspecified atom stereocenters. The van der Waals surface area contributed by atoms with E-state index in [9.17, 15) is 9.90 Å². The van der Waals surface area contributed by atoms with Gasteiger partial charge in [-0.15, -0.1) is 0 Å². The summed E-state index contributed by atoms with van der Waals surface area (Å²) in [6.07, 6.45) is 1.58. The molecule has 2 aromatic carbocycles. The lowest BCUT2D eigenvalue weighted by Gasteiger charge is -2.08. The number of allylic oxidation sites excluding steroid dienone is 1. The number of ether oxygens (including phenoxy) is 3. The molecule has 2 aromatic rings. The predicted octanol–water partition coefficient (Wildman–Crippen LogP) is 3.03. The van der Waals surface area contributed by atoms with Crippen LogP contribution in [0.15, 0.2) is 42.2 Å². The minimum absolute atomic E-state index is 0.126. The van der Waals surface area contributed by atoms with Crippen LogP contribution in [0.4, 0.5) is 0 Å². The topological polar surface area (TPSA) is 65.0 Å². The first-order valence-corrected chi connectivity index (χ1v) is 6.61. The summed E-state index contributed by atoms with van der Waals surface area (Å²) >= 11 is 0. The quantitative estimate of drug-likeness (QED) is 0.882. The molecule has 1 N–H and O–H groups in total. The zero-order chi connectivity index (χ0) is 15.7. The molecule has 112 valence electrons. The average Bonchev–Trinajstić information content (AvgIpc) is 2.81. The van der Waals surface area contributed by atoms with Crippen LogP contribution in [0.25, 0.3) is 6.08 Å². The highest BCUT2D eigenvalue weighted by Crippen LogP contribution is 2.40. The van der Waals surface area contributed by atoms with E-state index in [2.05, 4.69) is 0 Å². The maximum absolute atomic E-state index is 12.4. The van der Waals surface area contributed by atoms with Gasteiger partial charge in [0.2, 0.25) is 5.78 Å². The number of Topliss-reactive ketones (excluding diaryl/α,β-unsaturated/α-hetero) is 1. The fourth-order valence-corrected chi connectivity index (χ4v) is 2.28. The molecule has 0 spiro atoms. The zero-order valence-electron chi connectivity index (χ0n) is 12.1. The van der Waals surface area contributed by atoms with Crippen molar-refractivity contribution >= 4 is 11.9 Å². The maximum Gasteiger partial charge on any atom is 0.232 e. The molecule has 0 radical (unpaired) electrons. The molecule has 0 saturated heterocycles. The Bertz CT molecular complexity index is 777. The fourth-order valence-electron chi connectivity index (χ4n) is 2.28. The van der Waals surface area contributed by atoms with E-state index in [1.807, 2.05) is 0 Å². The Morgan fingerprint density at radius 1 is 1.09 bits per heavy atom. The Balaban J connectivity index is 2.00. The monoisotopic (exact) mass is 298 g/mol. The van der Waals surface area contributed by atoms with Gasteiger partial charge in [-0.05, 0) is 29.8 Å². The standard InChI is InChI=1S/C17H14O5/c1-20-14-8-12-13(9-15(14)21-2)22-16(17(12)19)7-10-4-3-5-11(18)6-10/h3-9,18H,1-2H3/b16-7-. The fraction of sp³-hybridized carbons (Fsp3) is 0.118. The summed E-state index contributed by atoms with van der Waals surface area (Å²) in [7, 11) is 3.03. The number of benzene rings is 2. The summed E-state index contributed by atoms with van der Waals surface area (Å²) in [6.45, 7) is 0. The summed E-state index contributed by atoms with van der Waals surface area (Å²) in [5.74, 6) is 1.47. The summed E-state index contributed by atoms with van der Waals surface area (Å²) in [4.78, 5) is 12.4. The number of phenols is 1. The van der Waals surface area contributed by atoms with Crippen LogP contribution in [0.2, 0.25) is 0 Å².